The zero-order chi connectivity index (χ0) is 12.6. The Morgan fingerprint density at radius 1 is 1.41 bits per heavy atom. The van der Waals surface area contributed by atoms with Crippen LogP contribution < -0.4 is 0 Å². The molecule has 0 saturated heterocycles. The second-order valence-electron chi connectivity index (χ2n) is 3.23. The average molecular weight is 335 g/mol. The van der Waals surface area contributed by atoms with Crippen molar-refractivity contribution >= 4 is 56.0 Å². The third-order valence-electron chi connectivity index (χ3n) is 2.27. The summed E-state index contributed by atoms with van der Waals surface area (Å²) in [6, 6.07) is 3.40. The van der Waals surface area contributed by atoms with Gasteiger partial charge in [0.1, 0.15) is 0 Å². The van der Waals surface area contributed by atoms with Gasteiger partial charge in [-0.25, -0.2) is 4.79 Å². The van der Waals surface area contributed by atoms with Crippen LogP contribution in [0.1, 0.15) is 10.4 Å². The fourth-order valence-corrected chi connectivity index (χ4v) is 2.31. The highest BCUT2D eigenvalue weighted by Gasteiger charge is 2.16. The van der Waals surface area contributed by atoms with E-state index in [1.54, 1.807) is 12.1 Å². The van der Waals surface area contributed by atoms with Gasteiger partial charge in [0.2, 0.25) is 0 Å². The first kappa shape index (κ1) is 12.6. The van der Waals surface area contributed by atoms with Crippen molar-refractivity contribution in [3.8, 4) is 0 Å². The van der Waals surface area contributed by atoms with Crippen LogP contribution in [0.5, 0.6) is 0 Å². The molecule has 3 nitrogen and oxygen atoms in total. The summed E-state index contributed by atoms with van der Waals surface area (Å²) in [4.78, 5) is 15.6. The number of carbonyl (C=O) groups is 1. The number of carbonyl (C=O) groups excluding carboxylic acids is 1. The lowest BCUT2D eigenvalue weighted by Gasteiger charge is -2.07. The minimum Gasteiger partial charge on any atom is -0.465 e. The van der Waals surface area contributed by atoms with Crippen LogP contribution in [0.3, 0.4) is 0 Å². The number of nitrogens with zero attached hydrogens (tertiary/aromatic N) is 1. The lowest BCUT2D eigenvalue weighted by molar-refractivity contribution is 0.0600. The third kappa shape index (κ3) is 2.12. The van der Waals surface area contributed by atoms with Gasteiger partial charge in [0, 0.05) is 11.6 Å². The smallest absolute Gasteiger partial charge is 0.340 e. The van der Waals surface area contributed by atoms with E-state index in [9.17, 15) is 4.79 Å². The van der Waals surface area contributed by atoms with Crippen molar-refractivity contribution in [3.63, 3.8) is 0 Å². The number of hydrogen-bond donors (Lipinski definition) is 0. The number of ether oxygens (including phenoxy) is 1. The Labute approximate surface area is 116 Å². The molecular formula is C11H6BrCl2NO2. The van der Waals surface area contributed by atoms with Crippen molar-refractivity contribution in [1.29, 1.82) is 0 Å². The molecule has 0 spiro atoms. The number of aromatic nitrogens is 1. The third-order valence-corrected chi connectivity index (χ3v) is 4.02. The molecule has 2 rings (SSSR count). The van der Waals surface area contributed by atoms with Gasteiger partial charge in [-0.3, -0.25) is 4.98 Å². The molecule has 17 heavy (non-hydrogen) atoms. The van der Waals surface area contributed by atoms with Gasteiger partial charge in [-0.2, -0.15) is 0 Å². The van der Waals surface area contributed by atoms with Crippen LogP contribution in [-0.2, 0) is 4.74 Å². The number of esters is 1. The summed E-state index contributed by atoms with van der Waals surface area (Å²) in [5, 5.41) is 1.48. The Bertz CT molecular complexity index is 616. The second-order valence-corrected chi connectivity index (χ2v) is 4.81. The Hall–Kier alpha value is -0.840. The predicted molar refractivity (Wildman–Crippen MR) is 70.8 cm³/mol. The van der Waals surface area contributed by atoms with Gasteiger partial charge < -0.3 is 4.74 Å². The number of halogens is 3. The molecule has 0 amide bonds. The lowest BCUT2D eigenvalue weighted by Crippen LogP contribution is -2.03. The second kappa shape index (κ2) is 4.80. The van der Waals surface area contributed by atoms with Crippen molar-refractivity contribution < 1.29 is 9.53 Å². The summed E-state index contributed by atoms with van der Waals surface area (Å²) in [5.41, 5.74) is 0.839. The standard InChI is InChI=1S/C11H6BrCl2NO2/c1-17-11(16)6-4-15-10-5(9(6)14)2-3-7(13)8(10)12/h2-4H,1H3. The molecule has 0 aliphatic carbocycles. The minimum atomic E-state index is -0.518. The van der Waals surface area contributed by atoms with Crippen molar-refractivity contribution in [2.45, 2.75) is 0 Å². The van der Waals surface area contributed by atoms with E-state index in [1.807, 2.05) is 0 Å². The summed E-state index contributed by atoms with van der Waals surface area (Å²) >= 11 is 15.4. The van der Waals surface area contributed by atoms with Crippen LogP contribution in [0, 0.1) is 0 Å². The molecule has 0 atom stereocenters. The molecule has 0 saturated carbocycles. The van der Waals surface area contributed by atoms with Crippen molar-refractivity contribution in [1.82, 2.24) is 4.98 Å². The Kier molecular flexibility index (Phi) is 3.56. The first-order valence-electron chi connectivity index (χ1n) is 4.56. The summed E-state index contributed by atoms with van der Waals surface area (Å²) < 4.78 is 5.27. The highest BCUT2D eigenvalue weighted by molar-refractivity contribution is 9.10. The van der Waals surface area contributed by atoms with Crippen LogP contribution in [0.2, 0.25) is 10.0 Å². The zero-order valence-electron chi connectivity index (χ0n) is 8.63. The molecule has 0 unspecified atom stereocenters. The summed E-state index contributed by atoms with van der Waals surface area (Å²) in [6.45, 7) is 0. The molecule has 0 radical (unpaired) electrons. The Morgan fingerprint density at radius 3 is 2.76 bits per heavy atom. The van der Waals surface area contributed by atoms with Crippen LogP contribution in [-0.4, -0.2) is 18.1 Å². The average Bonchev–Trinajstić information content (AvgIpc) is 2.33. The number of hydrogen-bond acceptors (Lipinski definition) is 3. The molecule has 0 aliphatic heterocycles. The lowest BCUT2D eigenvalue weighted by atomic mass is 10.1. The number of pyridine rings is 1. The van der Waals surface area contributed by atoms with E-state index in [0.717, 1.165) is 0 Å². The van der Waals surface area contributed by atoms with Crippen LogP contribution in [0.25, 0.3) is 10.9 Å². The molecule has 0 N–H and O–H groups in total. The molecule has 0 aliphatic rings. The molecule has 1 aromatic heterocycles. The maximum Gasteiger partial charge on any atom is 0.340 e. The van der Waals surface area contributed by atoms with Gasteiger partial charge >= 0.3 is 5.97 Å². The van der Waals surface area contributed by atoms with Gasteiger partial charge in [0.05, 0.1) is 32.7 Å². The zero-order valence-corrected chi connectivity index (χ0v) is 11.7. The largest absolute Gasteiger partial charge is 0.465 e. The monoisotopic (exact) mass is 333 g/mol. The van der Waals surface area contributed by atoms with E-state index in [-0.39, 0.29) is 5.56 Å². The van der Waals surface area contributed by atoms with Crippen molar-refractivity contribution in [2.24, 2.45) is 0 Å². The summed E-state index contributed by atoms with van der Waals surface area (Å²) in [6.07, 6.45) is 1.37. The van der Waals surface area contributed by atoms with Crippen LogP contribution in [0.15, 0.2) is 22.8 Å². The molecule has 1 aromatic carbocycles. The minimum absolute atomic E-state index is 0.232. The SMILES string of the molecule is COC(=O)c1cnc2c(Br)c(Cl)ccc2c1Cl. The van der Waals surface area contributed by atoms with E-state index in [2.05, 4.69) is 25.7 Å². The summed E-state index contributed by atoms with van der Waals surface area (Å²) in [7, 11) is 1.29. The van der Waals surface area contributed by atoms with Gasteiger partial charge in [-0.1, -0.05) is 23.2 Å². The fraction of sp³-hybridized carbons (Fsp3) is 0.0909. The first-order chi connectivity index (χ1) is 8.06. The molecular weight excluding hydrogens is 329 g/mol. The number of fused-ring (bicyclic) bond motifs is 1. The topological polar surface area (TPSA) is 39.2 Å². The van der Waals surface area contributed by atoms with E-state index in [4.69, 9.17) is 23.2 Å². The van der Waals surface area contributed by atoms with Crippen LogP contribution in [0.4, 0.5) is 0 Å². The highest BCUT2D eigenvalue weighted by atomic mass is 79.9. The van der Waals surface area contributed by atoms with E-state index in [0.29, 0.717) is 25.4 Å². The van der Waals surface area contributed by atoms with Crippen molar-refractivity contribution in [2.75, 3.05) is 7.11 Å². The molecule has 6 heteroatoms. The molecule has 1 heterocycles. The number of methoxy groups -OCH3 is 1. The first-order valence-corrected chi connectivity index (χ1v) is 6.11. The van der Waals surface area contributed by atoms with E-state index >= 15 is 0 Å². The van der Waals surface area contributed by atoms with E-state index in [1.165, 1.54) is 13.3 Å². The normalized spacial score (nSPS) is 10.6. The maximum absolute atomic E-state index is 11.4. The molecule has 2 aromatic rings. The predicted octanol–water partition coefficient (Wildman–Crippen LogP) is 4.09. The van der Waals surface area contributed by atoms with Crippen molar-refractivity contribution in [3.05, 3.63) is 38.4 Å². The Morgan fingerprint density at radius 2 is 2.12 bits per heavy atom. The van der Waals surface area contributed by atoms with E-state index < -0.39 is 5.97 Å². The van der Waals surface area contributed by atoms with Crippen LogP contribution >= 0.6 is 39.1 Å². The van der Waals surface area contributed by atoms with Gasteiger partial charge in [-0.15, -0.1) is 0 Å². The highest BCUT2D eigenvalue weighted by Crippen LogP contribution is 2.34. The molecule has 88 valence electrons. The molecule has 0 fully saturated rings. The summed E-state index contributed by atoms with van der Waals surface area (Å²) in [5.74, 6) is -0.518. The quantitative estimate of drug-likeness (QED) is 0.737. The maximum atomic E-state index is 11.4. The molecule has 0 bridgehead atoms. The number of benzene rings is 1. The Balaban J connectivity index is 2.77. The fourth-order valence-electron chi connectivity index (χ4n) is 1.43. The van der Waals surface area contributed by atoms with Gasteiger partial charge in [-0.05, 0) is 28.1 Å². The van der Waals surface area contributed by atoms with Gasteiger partial charge in [0.15, 0.2) is 0 Å². The van der Waals surface area contributed by atoms with Gasteiger partial charge in [0.25, 0.3) is 0 Å². The number of rotatable bonds is 1.